The third-order valence-corrected chi connectivity index (χ3v) is 7.67. The van der Waals surface area contributed by atoms with Crippen molar-refractivity contribution in [2.75, 3.05) is 6.54 Å². The van der Waals surface area contributed by atoms with E-state index in [9.17, 15) is 8.42 Å². The Morgan fingerprint density at radius 1 is 1.33 bits per heavy atom. The highest BCUT2D eigenvalue weighted by atomic mass is 79.9. The molecule has 0 atom stereocenters. The van der Waals surface area contributed by atoms with Gasteiger partial charge in [-0.15, -0.1) is 11.3 Å². The van der Waals surface area contributed by atoms with Crippen molar-refractivity contribution >= 4 is 53.2 Å². The normalized spacial score (nSPS) is 12.0. The molecule has 0 unspecified atom stereocenters. The van der Waals surface area contributed by atoms with Crippen LogP contribution in [0.2, 0.25) is 0 Å². The molecule has 1 N–H and O–H groups in total. The van der Waals surface area contributed by atoms with Gasteiger partial charge in [-0.05, 0) is 64.3 Å². The van der Waals surface area contributed by atoms with E-state index in [0.29, 0.717) is 23.7 Å². The third-order valence-electron chi connectivity index (χ3n) is 2.95. The minimum Gasteiger partial charge on any atom is -0.268 e. The summed E-state index contributed by atoms with van der Waals surface area (Å²) in [6.07, 6.45) is 0.681. The number of nitrogens with one attached hydrogen (secondary N) is 1. The first-order valence-corrected chi connectivity index (χ1v) is 10.1. The maximum atomic E-state index is 12.0. The van der Waals surface area contributed by atoms with Crippen LogP contribution in [0.3, 0.4) is 0 Å². The lowest BCUT2D eigenvalue weighted by Crippen LogP contribution is -2.25. The molecular formula is C12H15Br2N3O2S2. The van der Waals surface area contributed by atoms with Gasteiger partial charge in [0, 0.05) is 18.8 Å². The molecule has 21 heavy (non-hydrogen) atoms. The van der Waals surface area contributed by atoms with Crippen LogP contribution in [0.25, 0.3) is 0 Å². The highest BCUT2D eigenvalue weighted by Gasteiger charge is 2.15. The maximum Gasteiger partial charge on any atom is 0.250 e. The summed E-state index contributed by atoms with van der Waals surface area (Å²) in [5.41, 5.74) is 1.99. The van der Waals surface area contributed by atoms with Gasteiger partial charge in [0.05, 0.1) is 14.0 Å². The highest BCUT2D eigenvalue weighted by molar-refractivity contribution is 9.11. The lowest BCUT2D eigenvalue weighted by atomic mass is 10.4. The first-order valence-electron chi connectivity index (χ1n) is 6.26. The molecule has 0 aromatic carbocycles. The fourth-order valence-electron chi connectivity index (χ4n) is 1.84. The van der Waals surface area contributed by atoms with Gasteiger partial charge < -0.3 is 0 Å². The number of halogens is 2. The fraction of sp³-hybridized carbons (Fsp3) is 0.417. The second-order valence-corrected chi connectivity index (χ2v) is 9.77. The van der Waals surface area contributed by atoms with Crippen molar-refractivity contribution in [2.24, 2.45) is 0 Å². The standard InChI is InChI=1S/C12H15Br2N3O2S2/c1-8-12(14)9(2)17(16-8)7-3-6-15-21(18,19)11-5-4-10(13)20-11/h4-5,15H,3,6-7H2,1-2H3. The molecule has 0 fully saturated rings. The summed E-state index contributed by atoms with van der Waals surface area (Å²) < 4.78 is 30.7. The molecule has 2 heterocycles. The van der Waals surface area contributed by atoms with Gasteiger partial charge in [-0.3, -0.25) is 4.68 Å². The smallest absolute Gasteiger partial charge is 0.250 e. The van der Waals surface area contributed by atoms with Gasteiger partial charge in [0.15, 0.2) is 0 Å². The van der Waals surface area contributed by atoms with Gasteiger partial charge in [0.25, 0.3) is 0 Å². The summed E-state index contributed by atoms with van der Waals surface area (Å²) in [4.78, 5) is 0. The Morgan fingerprint density at radius 3 is 2.57 bits per heavy atom. The van der Waals surface area contributed by atoms with Crippen LogP contribution >= 0.6 is 43.2 Å². The second kappa shape index (κ2) is 6.91. The van der Waals surface area contributed by atoms with E-state index in [2.05, 4.69) is 41.7 Å². The molecule has 116 valence electrons. The van der Waals surface area contributed by atoms with E-state index in [4.69, 9.17) is 0 Å². The van der Waals surface area contributed by atoms with Crippen LogP contribution in [0.1, 0.15) is 17.8 Å². The van der Waals surface area contributed by atoms with E-state index in [1.54, 1.807) is 12.1 Å². The number of sulfonamides is 1. The van der Waals surface area contributed by atoms with Crippen LogP contribution in [0, 0.1) is 13.8 Å². The van der Waals surface area contributed by atoms with E-state index >= 15 is 0 Å². The number of nitrogens with zero attached hydrogens (tertiary/aromatic N) is 2. The Hall–Kier alpha value is -0.220. The lowest BCUT2D eigenvalue weighted by Gasteiger charge is -2.06. The predicted molar refractivity (Wildman–Crippen MR) is 91.2 cm³/mol. The molecule has 0 aliphatic rings. The van der Waals surface area contributed by atoms with Crippen LogP contribution in [0.5, 0.6) is 0 Å². The van der Waals surface area contributed by atoms with Crippen LogP contribution in [-0.2, 0) is 16.6 Å². The Balaban J connectivity index is 1.88. The average molecular weight is 457 g/mol. The molecule has 0 aliphatic carbocycles. The number of aromatic nitrogens is 2. The first-order chi connectivity index (χ1) is 9.81. The van der Waals surface area contributed by atoms with Crippen molar-refractivity contribution in [3.05, 3.63) is 31.8 Å². The Kier molecular flexibility index (Phi) is 5.64. The molecule has 0 bridgehead atoms. The van der Waals surface area contributed by atoms with Crippen LogP contribution in [0.4, 0.5) is 0 Å². The van der Waals surface area contributed by atoms with E-state index in [-0.39, 0.29) is 0 Å². The summed E-state index contributed by atoms with van der Waals surface area (Å²) in [6, 6.07) is 3.32. The van der Waals surface area contributed by atoms with Crippen molar-refractivity contribution in [1.82, 2.24) is 14.5 Å². The third kappa shape index (κ3) is 4.16. The van der Waals surface area contributed by atoms with Crippen molar-refractivity contribution in [2.45, 2.75) is 31.0 Å². The summed E-state index contributed by atoms with van der Waals surface area (Å²) in [5.74, 6) is 0. The second-order valence-electron chi connectivity index (χ2n) is 4.52. The number of hydrogen-bond donors (Lipinski definition) is 1. The molecule has 0 radical (unpaired) electrons. The molecular weight excluding hydrogens is 442 g/mol. The molecule has 0 aliphatic heterocycles. The molecule has 0 spiro atoms. The Morgan fingerprint density at radius 2 is 2.05 bits per heavy atom. The van der Waals surface area contributed by atoms with Gasteiger partial charge >= 0.3 is 0 Å². The summed E-state index contributed by atoms with van der Waals surface area (Å²) in [6.45, 7) is 4.98. The number of hydrogen-bond acceptors (Lipinski definition) is 4. The number of rotatable bonds is 6. The van der Waals surface area contributed by atoms with Crippen molar-refractivity contribution in [3.8, 4) is 0 Å². The lowest BCUT2D eigenvalue weighted by molar-refractivity contribution is 0.545. The van der Waals surface area contributed by atoms with Gasteiger partial charge in [0.1, 0.15) is 4.21 Å². The quantitative estimate of drug-likeness (QED) is 0.677. The zero-order chi connectivity index (χ0) is 15.6. The number of thiophene rings is 1. The van der Waals surface area contributed by atoms with Crippen LogP contribution in [-0.4, -0.2) is 24.7 Å². The molecule has 5 nitrogen and oxygen atoms in total. The monoisotopic (exact) mass is 455 g/mol. The van der Waals surface area contributed by atoms with Gasteiger partial charge in [-0.1, -0.05) is 0 Å². The summed E-state index contributed by atoms with van der Waals surface area (Å²) in [5, 5.41) is 4.39. The number of aryl methyl sites for hydroxylation is 2. The van der Waals surface area contributed by atoms with E-state index in [1.165, 1.54) is 11.3 Å². The SMILES string of the molecule is Cc1nn(CCCNS(=O)(=O)c2ccc(Br)s2)c(C)c1Br. The first kappa shape index (κ1) is 17.1. The topological polar surface area (TPSA) is 64.0 Å². The van der Waals surface area contributed by atoms with Crippen molar-refractivity contribution in [3.63, 3.8) is 0 Å². The Labute approximate surface area is 145 Å². The minimum absolute atomic E-state index is 0.322. The van der Waals surface area contributed by atoms with Crippen molar-refractivity contribution in [1.29, 1.82) is 0 Å². The molecule has 2 aromatic heterocycles. The average Bonchev–Trinajstić information content (AvgIpc) is 2.96. The van der Waals surface area contributed by atoms with E-state index in [0.717, 1.165) is 19.6 Å². The van der Waals surface area contributed by atoms with Crippen LogP contribution < -0.4 is 4.72 Å². The summed E-state index contributed by atoms with van der Waals surface area (Å²) >= 11 is 7.94. The zero-order valence-corrected chi connectivity index (χ0v) is 16.4. The van der Waals surface area contributed by atoms with Gasteiger partial charge in [0.2, 0.25) is 10.0 Å². The maximum absolute atomic E-state index is 12.0. The van der Waals surface area contributed by atoms with E-state index < -0.39 is 10.0 Å². The minimum atomic E-state index is -3.41. The van der Waals surface area contributed by atoms with Gasteiger partial charge in [-0.2, -0.15) is 5.10 Å². The molecule has 0 saturated carbocycles. The Bertz CT molecular complexity index is 738. The largest absolute Gasteiger partial charge is 0.268 e. The molecule has 0 amide bonds. The van der Waals surface area contributed by atoms with E-state index in [1.807, 2.05) is 18.5 Å². The molecule has 0 saturated heterocycles. The fourth-order valence-corrected chi connectivity index (χ4v) is 5.25. The van der Waals surface area contributed by atoms with Gasteiger partial charge in [-0.25, -0.2) is 13.1 Å². The van der Waals surface area contributed by atoms with Crippen LogP contribution in [0.15, 0.2) is 24.6 Å². The molecule has 2 rings (SSSR count). The summed E-state index contributed by atoms with van der Waals surface area (Å²) in [7, 11) is -3.41. The molecule has 9 heteroatoms. The zero-order valence-electron chi connectivity index (χ0n) is 11.6. The predicted octanol–water partition coefficient (Wildman–Crippen LogP) is 3.46. The highest BCUT2D eigenvalue weighted by Crippen LogP contribution is 2.25. The molecule has 2 aromatic rings. The van der Waals surface area contributed by atoms with Crippen molar-refractivity contribution < 1.29 is 8.42 Å².